The first-order valence-corrected chi connectivity index (χ1v) is 9.93. The molecule has 5 nitrogen and oxygen atoms in total. The molecule has 0 atom stereocenters. The first-order chi connectivity index (χ1) is 12.0. The Morgan fingerprint density at radius 2 is 1.68 bits per heavy atom. The molecule has 0 aromatic heterocycles. The molecule has 25 heavy (non-hydrogen) atoms. The molecule has 1 aliphatic heterocycles. The summed E-state index contributed by atoms with van der Waals surface area (Å²) in [4.78, 5) is 14.6. The average Bonchev–Trinajstić information content (AvgIpc) is 2.62. The molecular weight excluding hydrogens is 336 g/mol. The van der Waals surface area contributed by atoms with E-state index in [1.54, 1.807) is 48.2 Å². The molecule has 132 valence electrons. The second kappa shape index (κ2) is 7.27. The summed E-state index contributed by atoms with van der Waals surface area (Å²) >= 11 is 0. The zero-order valence-corrected chi connectivity index (χ0v) is 15.1. The Bertz CT molecular complexity index is 857. The number of rotatable bonds is 4. The lowest BCUT2D eigenvalue weighted by molar-refractivity contribution is 0.0724. The fourth-order valence-corrected chi connectivity index (χ4v) is 4.35. The van der Waals surface area contributed by atoms with Crippen LogP contribution < -0.4 is 4.72 Å². The van der Waals surface area contributed by atoms with Gasteiger partial charge in [-0.05, 0) is 56.0 Å². The number of amides is 1. The van der Waals surface area contributed by atoms with Crippen LogP contribution in [0.15, 0.2) is 53.4 Å². The van der Waals surface area contributed by atoms with E-state index < -0.39 is 10.0 Å². The van der Waals surface area contributed by atoms with Crippen LogP contribution in [0.4, 0.5) is 5.69 Å². The minimum Gasteiger partial charge on any atom is -0.339 e. The topological polar surface area (TPSA) is 66.5 Å². The summed E-state index contributed by atoms with van der Waals surface area (Å²) in [5.74, 6) is -0.101. The molecule has 0 bridgehead atoms. The van der Waals surface area contributed by atoms with Crippen LogP contribution in [0.1, 0.15) is 35.2 Å². The molecule has 1 N–H and O–H groups in total. The number of benzene rings is 2. The molecule has 0 radical (unpaired) electrons. The Kier molecular flexibility index (Phi) is 5.08. The van der Waals surface area contributed by atoms with Crippen molar-refractivity contribution in [2.75, 3.05) is 17.8 Å². The third kappa shape index (κ3) is 4.02. The van der Waals surface area contributed by atoms with Crippen LogP contribution in [0.3, 0.4) is 0 Å². The molecule has 0 saturated carbocycles. The van der Waals surface area contributed by atoms with Gasteiger partial charge in [-0.1, -0.05) is 24.3 Å². The van der Waals surface area contributed by atoms with E-state index in [9.17, 15) is 13.2 Å². The summed E-state index contributed by atoms with van der Waals surface area (Å²) in [7, 11) is -3.75. The van der Waals surface area contributed by atoms with Crippen molar-refractivity contribution >= 4 is 21.6 Å². The van der Waals surface area contributed by atoms with Gasteiger partial charge >= 0.3 is 0 Å². The molecule has 1 amide bonds. The normalized spacial score (nSPS) is 15.0. The average molecular weight is 358 g/mol. The number of likely N-dealkylation sites (tertiary alicyclic amines) is 1. The molecule has 0 unspecified atom stereocenters. The van der Waals surface area contributed by atoms with E-state index in [1.165, 1.54) is 6.07 Å². The molecule has 6 heteroatoms. The zero-order valence-electron chi connectivity index (χ0n) is 14.2. The largest absolute Gasteiger partial charge is 0.339 e. The van der Waals surface area contributed by atoms with Gasteiger partial charge in [0.05, 0.1) is 4.90 Å². The molecule has 0 spiro atoms. The van der Waals surface area contributed by atoms with Gasteiger partial charge in [0, 0.05) is 24.3 Å². The molecule has 2 aromatic carbocycles. The van der Waals surface area contributed by atoms with Crippen LogP contribution in [0.5, 0.6) is 0 Å². The predicted octanol–water partition coefficient (Wildman–Crippen LogP) is 3.42. The standard InChI is InChI=1S/C19H22N2O3S/c1-15-10-11-16(19(22)21-12-6-3-7-13-21)14-18(15)25(23,24)20-17-8-4-2-5-9-17/h2,4-5,8-11,14,20H,3,6-7,12-13H2,1H3. The monoisotopic (exact) mass is 358 g/mol. The number of sulfonamides is 1. The number of para-hydroxylation sites is 1. The fourth-order valence-electron chi connectivity index (χ4n) is 3.02. The smallest absolute Gasteiger partial charge is 0.262 e. The van der Waals surface area contributed by atoms with Gasteiger partial charge in [-0.3, -0.25) is 9.52 Å². The second-order valence-corrected chi connectivity index (χ2v) is 7.96. The van der Waals surface area contributed by atoms with Gasteiger partial charge < -0.3 is 4.90 Å². The van der Waals surface area contributed by atoms with Gasteiger partial charge in [-0.25, -0.2) is 8.42 Å². The van der Waals surface area contributed by atoms with E-state index in [4.69, 9.17) is 0 Å². The molecule has 1 heterocycles. The summed E-state index contributed by atoms with van der Waals surface area (Å²) in [5.41, 5.74) is 1.52. The highest BCUT2D eigenvalue weighted by Gasteiger charge is 2.22. The van der Waals surface area contributed by atoms with Crippen molar-refractivity contribution in [3.05, 3.63) is 59.7 Å². The van der Waals surface area contributed by atoms with Crippen molar-refractivity contribution in [3.63, 3.8) is 0 Å². The minimum atomic E-state index is -3.75. The Balaban J connectivity index is 1.89. The van der Waals surface area contributed by atoms with Crippen molar-refractivity contribution in [2.45, 2.75) is 31.1 Å². The highest BCUT2D eigenvalue weighted by molar-refractivity contribution is 7.92. The summed E-state index contributed by atoms with van der Waals surface area (Å²) < 4.78 is 28.0. The van der Waals surface area contributed by atoms with Crippen molar-refractivity contribution in [1.82, 2.24) is 4.90 Å². The molecule has 1 aliphatic rings. The Morgan fingerprint density at radius 1 is 1.00 bits per heavy atom. The maximum absolute atomic E-state index is 12.7. The van der Waals surface area contributed by atoms with E-state index >= 15 is 0 Å². The van der Waals surface area contributed by atoms with E-state index in [1.807, 2.05) is 6.07 Å². The number of anilines is 1. The lowest BCUT2D eigenvalue weighted by Crippen LogP contribution is -2.35. The van der Waals surface area contributed by atoms with Crippen LogP contribution >= 0.6 is 0 Å². The van der Waals surface area contributed by atoms with Gasteiger partial charge in [-0.2, -0.15) is 0 Å². The summed E-state index contributed by atoms with van der Waals surface area (Å²) in [6, 6.07) is 13.6. The van der Waals surface area contributed by atoms with Crippen molar-refractivity contribution < 1.29 is 13.2 Å². The van der Waals surface area contributed by atoms with Crippen LogP contribution in [0, 0.1) is 6.92 Å². The molecule has 0 aliphatic carbocycles. The number of aryl methyl sites for hydroxylation is 1. The highest BCUT2D eigenvalue weighted by Crippen LogP contribution is 2.22. The van der Waals surface area contributed by atoms with Gasteiger partial charge in [0.2, 0.25) is 0 Å². The SMILES string of the molecule is Cc1ccc(C(=O)N2CCCCC2)cc1S(=O)(=O)Nc1ccccc1. The van der Waals surface area contributed by atoms with Crippen LogP contribution in [0.2, 0.25) is 0 Å². The predicted molar refractivity (Wildman–Crippen MR) is 98.2 cm³/mol. The lowest BCUT2D eigenvalue weighted by Gasteiger charge is -2.27. The van der Waals surface area contributed by atoms with Gasteiger partial charge in [0.1, 0.15) is 0 Å². The quantitative estimate of drug-likeness (QED) is 0.911. The minimum absolute atomic E-state index is 0.101. The third-order valence-corrected chi connectivity index (χ3v) is 5.92. The molecule has 2 aromatic rings. The Labute approximate surface area is 148 Å². The van der Waals surface area contributed by atoms with E-state index in [-0.39, 0.29) is 10.8 Å². The third-order valence-electron chi connectivity index (χ3n) is 4.39. The summed E-state index contributed by atoms with van der Waals surface area (Å²) in [6.07, 6.45) is 3.13. The first-order valence-electron chi connectivity index (χ1n) is 8.45. The molecule has 3 rings (SSSR count). The number of carbonyl (C=O) groups is 1. The number of piperidine rings is 1. The number of nitrogens with one attached hydrogen (secondary N) is 1. The first kappa shape index (κ1) is 17.5. The molecule has 1 fully saturated rings. The van der Waals surface area contributed by atoms with Gasteiger partial charge in [0.15, 0.2) is 0 Å². The van der Waals surface area contributed by atoms with Gasteiger partial charge in [0.25, 0.3) is 15.9 Å². The maximum Gasteiger partial charge on any atom is 0.262 e. The van der Waals surface area contributed by atoms with Crippen LogP contribution in [-0.4, -0.2) is 32.3 Å². The lowest BCUT2D eigenvalue weighted by atomic mass is 10.1. The highest BCUT2D eigenvalue weighted by atomic mass is 32.2. The zero-order chi connectivity index (χ0) is 17.9. The fraction of sp³-hybridized carbons (Fsp3) is 0.316. The molecule has 1 saturated heterocycles. The van der Waals surface area contributed by atoms with Crippen molar-refractivity contribution in [3.8, 4) is 0 Å². The van der Waals surface area contributed by atoms with E-state index in [0.29, 0.717) is 16.8 Å². The van der Waals surface area contributed by atoms with Crippen molar-refractivity contribution in [1.29, 1.82) is 0 Å². The maximum atomic E-state index is 12.7. The van der Waals surface area contributed by atoms with Crippen molar-refractivity contribution in [2.24, 2.45) is 0 Å². The second-order valence-electron chi connectivity index (χ2n) is 6.30. The van der Waals surface area contributed by atoms with Crippen LogP contribution in [0.25, 0.3) is 0 Å². The summed E-state index contributed by atoms with van der Waals surface area (Å²) in [6.45, 7) is 3.20. The number of hydrogen-bond acceptors (Lipinski definition) is 3. The molecular formula is C19H22N2O3S. The van der Waals surface area contributed by atoms with Gasteiger partial charge in [-0.15, -0.1) is 0 Å². The van der Waals surface area contributed by atoms with E-state index in [2.05, 4.69) is 4.72 Å². The summed E-state index contributed by atoms with van der Waals surface area (Å²) in [5, 5.41) is 0. The number of carbonyl (C=O) groups excluding carboxylic acids is 1. The van der Waals surface area contributed by atoms with Crippen LogP contribution in [-0.2, 0) is 10.0 Å². The number of nitrogens with zero attached hydrogens (tertiary/aromatic N) is 1. The van der Waals surface area contributed by atoms with E-state index in [0.717, 1.165) is 32.4 Å². The Hall–Kier alpha value is -2.34. The Morgan fingerprint density at radius 3 is 2.36 bits per heavy atom. The number of hydrogen-bond donors (Lipinski definition) is 1.